The van der Waals surface area contributed by atoms with E-state index in [0.717, 1.165) is 35.6 Å². The summed E-state index contributed by atoms with van der Waals surface area (Å²) in [6, 6.07) is 1.95. The van der Waals surface area contributed by atoms with E-state index in [1.165, 1.54) is 0 Å². The highest BCUT2D eigenvalue weighted by molar-refractivity contribution is 14.1. The van der Waals surface area contributed by atoms with Crippen LogP contribution in [0.3, 0.4) is 0 Å². The van der Waals surface area contributed by atoms with Gasteiger partial charge in [0.2, 0.25) is 0 Å². The van der Waals surface area contributed by atoms with Crippen LogP contribution in [0.1, 0.15) is 11.5 Å². The maximum Gasteiger partial charge on any atom is 0.257 e. The second-order valence-electron chi connectivity index (χ2n) is 3.00. The molecule has 0 saturated carbocycles. The molecule has 0 unspecified atom stereocenters. The van der Waals surface area contributed by atoms with Crippen molar-refractivity contribution >= 4 is 22.6 Å². The van der Waals surface area contributed by atoms with Gasteiger partial charge in [0.15, 0.2) is 0 Å². The highest BCUT2D eigenvalue weighted by Gasteiger charge is 2.23. The van der Waals surface area contributed by atoms with Crippen LogP contribution in [-0.4, -0.2) is 4.98 Å². The molecule has 0 aromatic carbocycles. The Morgan fingerprint density at radius 3 is 3.08 bits per heavy atom. The number of oxazole rings is 1. The summed E-state index contributed by atoms with van der Waals surface area (Å²) in [7, 11) is 0. The number of nitrogens with zero attached hydrogens (tertiary/aromatic N) is 1. The Morgan fingerprint density at radius 1 is 1.31 bits per heavy atom. The maximum absolute atomic E-state index is 5.47. The number of rotatable bonds is 0. The number of aromatic nitrogens is 1. The van der Waals surface area contributed by atoms with Gasteiger partial charge >= 0.3 is 0 Å². The Kier molecular flexibility index (Phi) is 1.52. The van der Waals surface area contributed by atoms with Crippen molar-refractivity contribution in [1.82, 2.24) is 4.98 Å². The van der Waals surface area contributed by atoms with Gasteiger partial charge in [0.25, 0.3) is 3.90 Å². The number of furan rings is 1. The van der Waals surface area contributed by atoms with Gasteiger partial charge in [0.1, 0.15) is 17.2 Å². The third-order valence-electron chi connectivity index (χ3n) is 2.25. The lowest BCUT2D eigenvalue weighted by atomic mass is 10.0. The largest absolute Gasteiger partial charge is 0.469 e. The fourth-order valence-electron chi connectivity index (χ4n) is 1.68. The summed E-state index contributed by atoms with van der Waals surface area (Å²) in [5.41, 5.74) is 2.05. The van der Waals surface area contributed by atoms with Crippen LogP contribution in [-0.2, 0) is 12.8 Å². The summed E-state index contributed by atoms with van der Waals surface area (Å²) >= 11 is 2.09. The maximum atomic E-state index is 5.47. The van der Waals surface area contributed by atoms with Gasteiger partial charge in [-0.25, -0.2) is 4.98 Å². The third-order valence-corrected chi connectivity index (χ3v) is 2.71. The van der Waals surface area contributed by atoms with Gasteiger partial charge in [0, 0.05) is 41.0 Å². The molecule has 0 N–H and O–H groups in total. The average Bonchev–Trinajstić information content (AvgIpc) is 2.65. The van der Waals surface area contributed by atoms with E-state index in [9.17, 15) is 0 Å². The fourth-order valence-corrected chi connectivity index (χ4v) is 2.18. The lowest BCUT2D eigenvalue weighted by Crippen LogP contribution is -1.99. The molecular formula is C9H6INO2. The van der Waals surface area contributed by atoms with Crippen LogP contribution in [0.25, 0.3) is 11.3 Å². The second kappa shape index (κ2) is 2.60. The number of hydrogen-bond donors (Lipinski definition) is 0. The van der Waals surface area contributed by atoms with Crippen molar-refractivity contribution in [2.45, 2.75) is 12.8 Å². The highest BCUT2D eigenvalue weighted by atomic mass is 127. The van der Waals surface area contributed by atoms with Crippen LogP contribution >= 0.6 is 22.6 Å². The molecule has 0 saturated heterocycles. The van der Waals surface area contributed by atoms with Crippen LogP contribution in [0.15, 0.2) is 21.2 Å². The summed E-state index contributed by atoms with van der Waals surface area (Å²) in [5, 5.41) is 0. The van der Waals surface area contributed by atoms with E-state index in [4.69, 9.17) is 8.83 Å². The first kappa shape index (κ1) is 7.61. The Morgan fingerprint density at radius 2 is 2.15 bits per heavy atom. The van der Waals surface area contributed by atoms with Crippen LogP contribution in [0, 0.1) is 3.90 Å². The molecular weight excluding hydrogens is 281 g/mol. The second-order valence-corrected chi connectivity index (χ2v) is 3.92. The Hall–Kier alpha value is -0.780. The Labute approximate surface area is 88.3 Å². The summed E-state index contributed by atoms with van der Waals surface area (Å²) in [6.45, 7) is 0. The van der Waals surface area contributed by atoms with E-state index < -0.39 is 0 Å². The zero-order valence-electron chi connectivity index (χ0n) is 6.71. The molecule has 2 aromatic rings. The first-order chi connectivity index (χ1) is 6.34. The standard InChI is InChI=1S/C9H6INO2/c10-9-11-8-5-3-4-12-6(5)1-2-7(8)13-9/h3-4H,1-2H2. The van der Waals surface area contributed by atoms with Crippen molar-refractivity contribution in [3.05, 3.63) is 27.7 Å². The smallest absolute Gasteiger partial charge is 0.257 e. The van der Waals surface area contributed by atoms with E-state index in [1.54, 1.807) is 6.26 Å². The van der Waals surface area contributed by atoms with Gasteiger partial charge in [-0.3, -0.25) is 0 Å². The monoisotopic (exact) mass is 287 g/mol. The molecule has 66 valence electrons. The minimum atomic E-state index is 0.705. The Balaban J connectivity index is 2.29. The normalized spacial score (nSPS) is 13.9. The van der Waals surface area contributed by atoms with E-state index in [-0.39, 0.29) is 0 Å². The first-order valence-corrected chi connectivity index (χ1v) is 5.14. The minimum absolute atomic E-state index is 0.705. The quantitative estimate of drug-likeness (QED) is 0.699. The zero-order chi connectivity index (χ0) is 8.84. The molecule has 4 heteroatoms. The topological polar surface area (TPSA) is 39.2 Å². The van der Waals surface area contributed by atoms with E-state index >= 15 is 0 Å². The van der Waals surface area contributed by atoms with Gasteiger partial charge in [-0.1, -0.05) is 0 Å². The molecule has 0 spiro atoms. The molecule has 0 amide bonds. The van der Waals surface area contributed by atoms with Crippen molar-refractivity contribution in [2.75, 3.05) is 0 Å². The molecule has 3 nitrogen and oxygen atoms in total. The van der Waals surface area contributed by atoms with Crippen LogP contribution in [0.2, 0.25) is 0 Å². The van der Waals surface area contributed by atoms with Crippen LogP contribution in [0.5, 0.6) is 0 Å². The number of hydrogen-bond acceptors (Lipinski definition) is 3. The first-order valence-electron chi connectivity index (χ1n) is 4.06. The zero-order valence-corrected chi connectivity index (χ0v) is 8.87. The van der Waals surface area contributed by atoms with E-state index in [0.29, 0.717) is 3.90 Å². The number of aryl methyl sites for hydroxylation is 2. The van der Waals surface area contributed by atoms with Crippen LogP contribution < -0.4 is 0 Å². The summed E-state index contributed by atoms with van der Waals surface area (Å²) < 4.78 is 11.5. The SMILES string of the molecule is Ic1nc2c(o1)CCc1occc1-2. The molecule has 0 bridgehead atoms. The van der Waals surface area contributed by atoms with Crippen molar-refractivity contribution < 1.29 is 8.83 Å². The molecule has 3 rings (SSSR count). The predicted molar refractivity (Wildman–Crippen MR) is 54.3 cm³/mol. The van der Waals surface area contributed by atoms with Gasteiger partial charge in [-0.05, 0) is 6.07 Å². The molecule has 1 aliphatic carbocycles. The summed E-state index contributed by atoms with van der Waals surface area (Å²) in [5.74, 6) is 2.01. The summed E-state index contributed by atoms with van der Waals surface area (Å²) in [6.07, 6.45) is 3.52. The van der Waals surface area contributed by atoms with E-state index in [1.807, 2.05) is 6.07 Å². The van der Waals surface area contributed by atoms with Crippen molar-refractivity contribution in [1.29, 1.82) is 0 Å². The number of halogens is 1. The van der Waals surface area contributed by atoms with Gasteiger partial charge < -0.3 is 8.83 Å². The van der Waals surface area contributed by atoms with Crippen molar-refractivity contribution in [3.63, 3.8) is 0 Å². The Bertz CT molecular complexity index is 458. The predicted octanol–water partition coefficient (Wildman–Crippen LogP) is 2.64. The summed E-state index contributed by atoms with van der Waals surface area (Å²) in [4.78, 5) is 4.32. The van der Waals surface area contributed by atoms with Crippen LogP contribution in [0.4, 0.5) is 0 Å². The van der Waals surface area contributed by atoms with Gasteiger partial charge in [-0.2, -0.15) is 0 Å². The highest BCUT2D eigenvalue weighted by Crippen LogP contribution is 2.34. The fraction of sp³-hybridized carbons (Fsp3) is 0.222. The lowest BCUT2D eigenvalue weighted by molar-refractivity contribution is 0.454. The minimum Gasteiger partial charge on any atom is -0.469 e. The molecule has 2 heterocycles. The lowest BCUT2D eigenvalue weighted by Gasteiger charge is -2.06. The average molecular weight is 287 g/mol. The van der Waals surface area contributed by atoms with E-state index in [2.05, 4.69) is 27.6 Å². The molecule has 0 aliphatic heterocycles. The molecule has 0 atom stereocenters. The van der Waals surface area contributed by atoms with Crippen molar-refractivity contribution in [2.24, 2.45) is 0 Å². The third kappa shape index (κ3) is 1.04. The van der Waals surface area contributed by atoms with Crippen molar-refractivity contribution in [3.8, 4) is 11.3 Å². The molecule has 2 aromatic heterocycles. The molecule has 1 aliphatic rings. The van der Waals surface area contributed by atoms with Gasteiger partial charge in [-0.15, -0.1) is 0 Å². The molecule has 0 radical (unpaired) electrons. The molecule has 0 fully saturated rings. The molecule has 13 heavy (non-hydrogen) atoms. The number of fused-ring (bicyclic) bond motifs is 3. The van der Waals surface area contributed by atoms with Gasteiger partial charge in [0.05, 0.1) is 6.26 Å².